The number of amides is 1. The molecule has 2 aromatic heterocycles. The van der Waals surface area contributed by atoms with Gasteiger partial charge in [0.2, 0.25) is 0 Å². The Bertz CT molecular complexity index is 671. The van der Waals surface area contributed by atoms with Gasteiger partial charge in [-0.3, -0.25) is 14.2 Å². The molecule has 0 radical (unpaired) electrons. The molecule has 0 aliphatic carbocycles. The number of alkyl halides is 3. The number of carbonyl (C=O) groups is 1. The van der Waals surface area contributed by atoms with E-state index in [1.807, 2.05) is 6.92 Å². The van der Waals surface area contributed by atoms with Gasteiger partial charge >= 0.3 is 6.18 Å². The van der Waals surface area contributed by atoms with Crippen LogP contribution in [0.3, 0.4) is 0 Å². The van der Waals surface area contributed by atoms with E-state index in [4.69, 9.17) is 0 Å². The number of aromatic nitrogens is 4. The Morgan fingerprint density at radius 1 is 1.43 bits per heavy atom. The van der Waals surface area contributed by atoms with Crippen LogP contribution in [0.5, 0.6) is 0 Å². The predicted octanol–water partition coefficient (Wildman–Crippen LogP) is 2.22. The van der Waals surface area contributed by atoms with Crippen LogP contribution in [0.1, 0.15) is 28.8 Å². The van der Waals surface area contributed by atoms with Gasteiger partial charge in [-0.1, -0.05) is 0 Å². The molecule has 114 valence electrons. The van der Waals surface area contributed by atoms with E-state index in [0.29, 0.717) is 12.2 Å². The van der Waals surface area contributed by atoms with Crippen LogP contribution < -0.4 is 5.32 Å². The Morgan fingerprint density at radius 2 is 2.10 bits per heavy atom. The van der Waals surface area contributed by atoms with Crippen molar-refractivity contribution in [1.82, 2.24) is 19.6 Å². The van der Waals surface area contributed by atoms with E-state index < -0.39 is 17.8 Å². The van der Waals surface area contributed by atoms with E-state index >= 15 is 0 Å². The van der Waals surface area contributed by atoms with Crippen LogP contribution in [0, 0.1) is 6.92 Å². The number of halogens is 3. The fourth-order valence-electron chi connectivity index (χ4n) is 1.89. The first kappa shape index (κ1) is 15.1. The van der Waals surface area contributed by atoms with Gasteiger partial charge < -0.3 is 5.32 Å². The molecule has 0 aliphatic rings. The van der Waals surface area contributed by atoms with Crippen molar-refractivity contribution in [2.24, 2.45) is 7.05 Å². The van der Waals surface area contributed by atoms with Crippen molar-refractivity contribution in [2.75, 3.05) is 5.32 Å². The average Bonchev–Trinajstić information content (AvgIpc) is 2.93. The van der Waals surface area contributed by atoms with E-state index in [1.165, 1.54) is 13.2 Å². The lowest BCUT2D eigenvalue weighted by Crippen LogP contribution is -2.16. The normalized spacial score (nSPS) is 11.7. The van der Waals surface area contributed by atoms with Gasteiger partial charge in [-0.05, 0) is 13.8 Å². The van der Waals surface area contributed by atoms with Gasteiger partial charge in [-0.25, -0.2) is 0 Å². The molecule has 0 fully saturated rings. The maximum Gasteiger partial charge on any atom is 0.435 e. The zero-order valence-electron chi connectivity index (χ0n) is 11.7. The van der Waals surface area contributed by atoms with Crippen LogP contribution in [0.2, 0.25) is 0 Å². The zero-order chi connectivity index (χ0) is 15.8. The van der Waals surface area contributed by atoms with Gasteiger partial charge in [0.1, 0.15) is 5.69 Å². The third-order valence-electron chi connectivity index (χ3n) is 3.05. The van der Waals surface area contributed by atoms with Crippen molar-refractivity contribution >= 4 is 11.6 Å². The van der Waals surface area contributed by atoms with Crippen molar-refractivity contribution < 1.29 is 18.0 Å². The van der Waals surface area contributed by atoms with E-state index in [1.54, 1.807) is 11.6 Å². The molecule has 2 heterocycles. The third kappa shape index (κ3) is 2.91. The van der Waals surface area contributed by atoms with Crippen LogP contribution in [-0.4, -0.2) is 25.5 Å². The van der Waals surface area contributed by atoms with Crippen molar-refractivity contribution in [3.05, 3.63) is 29.3 Å². The number of rotatable bonds is 3. The van der Waals surface area contributed by atoms with Crippen molar-refractivity contribution in [2.45, 2.75) is 26.6 Å². The smallest absolute Gasteiger partial charge is 0.318 e. The minimum absolute atomic E-state index is 0.175. The molecule has 2 rings (SSSR count). The summed E-state index contributed by atoms with van der Waals surface area (Å²) in [5.41, 5.74) is -0.0947. The molecule has 0 unspecified atom stereocenters. The van der Waals surface area contributed by atoms with E-state index in [-0.39, 0.29) is 5.69 Å². The highest BCUT2D eigenvalue weighted by Gasteiger charge is 2.35. The molecule has 0 saturated heterocycles. The number of hydrogen-bond acceptors (Lipinski definition) is 3. The van der Waals surface area contributed by atoms with Gasteiger partial charge in [0, 0.05) is 19.7 Å². The summed E-state index contributed by atoms with van der Waals surface area (Å²) < 4.78 is 40.3. The van der Waals surface area contributed by atoms with Gasteiger partial charge in [0.25, 0.3) is 5.91 Å². The highest BCUT2D eigenvalue weighted by atomic mass is 19.4. The summed E-state index contributed by atoms with van der Waals surface area (Å²) in [6, 6.07) is 0.717. The minimum Gasteiger partial charge on any atom is -0.318 e. The lowest BCUT2D eigenvalue weighted by Gasteiger charge is -2.05. The van der Waals surface area contributed by atoms with E-state index in [0.717, 1.165) is 16.4 Å². The van der Waals surface area contributed by atoms with E-state index in [2.05, 4.69) is 15.5 Å². The van der Waals surface area contributed by atoms with Gasteiger partial charge in [0.15, 0.2) is 5.69 Å². The molecule has 0 atom stereocenters. The SMILES string of the molecule is CCn1ncc(NC(=O)c2cc(C(F)(F)F)nn2C)c1C. The molecule has 0 bridgehead atoms. The quantitative estimate of drug-likeness (QED) is 0.945. The highest BCUT2D eigenvalue weighted by Crippen LogP contribution is 2.28. The van der Waals surface area contributed by atoms with Crippen LogP contribution in [-0.2, 0) is 19.8 Å². The minimum atomic E-state index is -4.58. The molecule has 0 aromatic carbocycles. The maximum absolute atomic E-state index is 12.6. The summed E-state index contributed by atoms with van der Waals surface area (Å²) in [4.78, 5) is 12.0. The summed E-state index contributed by atoms with van der Waals surface area (Å²) >= 11 is 0. The number of nitrogens with one attached hydrogen (secondary N) is 1. The number of anilines is 1. The average molecular weight is 301 g/mol. The molecule has 1 N–H and O–H groups in total. The third-order valence-corrected chi connectivity index (χ3v) is 3.05. The lowest BCUT2D eigenvalue weighted by molar-refractivity contribution is -0.141. The molecular formula is C12H14F3N5O. The van der Waals surface area contributed by atoms with Crippen LogP contribution in [0.4, 0.5) is 18.9 Å². The van der Waals surface area contributed by atoms with E-state index in [9.17, 15) is 18.0 Å². The first-order valence-corrected chi connectivity index (χ1v) is 6.19. The van der Waals surface area contributed by atoms with Crippen LogP contribution in [0.15, 0.2) is 12.3 Å². The molecule has 21 heavy (non-hydrogen) atoms. The molecular weight excluding hydrogens is 287 g/mol. The molecule has 9 heteroatoms. The first-order chi connectivity index (χ1) is 9.74. The molecule has 0 saturated carbocycles. The summed E-state index contributed by atoms with van der Waals surface area (Å²) in [7, 11) is 1.28. The molecule has 0 aliphatic heterocycles. The topological polar surface area (TPSA) is 64.7 Å². The Hall–Kier alpha value is -2.32. The summed E-state index contributed by atoms with van der Waals surface area (Å²) in [6.45, 7) is 4.28. The molecule has 2 aromatic rings. The Morgan fingerprint density at radius 3 is 2.57 bits per heavy atom. The first-order valence-electron chi connectivity index (χ1n) is 6.19. The van der Waals surface area contributed by atoms with Gasteiger partial charge in [-0.15, -0.1) is 0 Å². The zero-order valence-corrected chi connectivity index (χ0v) is 11.7. The molecule has 0 spiro atoms. The Labute approximate surface area is 118 Å². The number of aryl methyl sites for hydroxylation is 2. The monoisotopic (exact) mass is 301 g/mol. The number of carbonyl (C=O) groups excluding carboxylic acids is 1. The summed E-state index contributed by atoms with van der Waals surface area (Å²) in [5, 5.41) is 9.88. The number of hydrogen-bond donors (Lipinski definition) is 1. The van der Waals surface area contributed by atoms with Crippen molar-refractivity contribution in [3.63, 3.8) is 0 Å². The lowest BCUT2D eigenvalue weighted by atomic mass is 10.3. The van der Waals surface area contributed by atoms with Crippen LogP contribution in [0.25, 0.3) is 0 Å². The second-order valence-corrected chi connectivity index (χ2v) is 4.45. The second-order valence-electron chi connectivity index (χ2n) is 4.45. The fourth-order valence-corrected chi connectivity index (χ4v) is 1.89. The predicted molar refractivity (Wildman–Crippen MR) is 68.8 cm³/mol. The van der Waals surface area contributed by atoms with Gasteiger partial charge in [0.05, 0.1) is 17.6 Å². The Kier molecular flexibility index (Phi) is 3.75. The molecule has 6 nitrogen and oxygen atoms in total. The molecule has 1 amide bonds. The van der Waals surface area contributed by atoms with Crippen molar-refractivity contribution in [1.29, 1.82) is 0 Å². The maximum atomic E-state index is 12.6. The second kappa shape index (κ2) is 5.23. The largest absolute Gasteiger partial charge is 0.435 e. The van der Waals surface area contributed by atoms with Crippen LogP contribution >= 0.6 is 0 Å². The van der Waals surface area contributed by atoms with Gasteiger partial charge in [-0.2, -0.15) is 23.4 Å². The Balaban J connectivity index is 2.24. The standard InChI is InChI=1S/C12H14F3N5O/c1-4-20-7(2)8(6-16-20)17-11(21)9-5-10(12(13,14)15)18-19(9)3/h5-6H,4H2,1-3H3,(H,17,21). The summed E-state index contributed by atoms with van der Waals surface area (Å²) in [5.74, 6) is -0.667. The fraction of sp³-hybridized carbons (Fsp3) is 0.417. The summed E-state index contributed by atoms with van der Waals surface area (Å²) in [6.07, 6.45) is -3.13. The van der Waals surface area contributed by atoms with Crippen molar-refractivity contribution in [3.8, 4) is 0 Å². The number of nitrogens with zero attached hydrogens (tertiary/aromatic N) is 4. The highest BCUT2D eigenvalue weighted by molar-refractivity contribution is 6.03.